The van der Waals surface area contributed by atoms with E-state index in [1.165, 1.54) is 12.1 Å². The van der Waals surface area contributed by atoms with Gasteiger partial charge in [0.15, 0.2) is 6.61 Å². The van der Waals surface area contributed by atoms with E-state index in [1.54, 1.807) is 24.3 Å². The number of carbonyl (C=O) groups is 2. The summed E-state index contributed by atoms with van der Waals surface area (Å²) in [5.41, 5.74) is 2.92. The van der Waals surface area contributed by atoms with E-state index in [2.05, 4.69) is 5.32 Å². The van der Waals surface area contributed by atoms with Gasteiger partial charge in [0.25, 0.3) is 5.91 Å². The third-order valence-corrected chi connectivity index (χ3v) is 3.11. The molecule has 5 nitrogen and oxygen atoms in total. The molecule has 0 heterocycles. The minimum Gasteiger partial charge on any atom is -0.452 e. The molecule has 0 unspecified atom stereocenters. The zero-order valence-electron chi connectivity index (χ0n) is 13.2. The number of hydrogen-bond acceptors (Lipinski definition) is 4. The standard InChI is InChI=1S/C19H16N2O3/c1-14-5-7-15(8-6-14)9-10-19(23)24-13-18(22)21-17-4-2-3-16(11-17)12-20/h2-11H,13H2,1H3,(H,21,22)/b10-9+. The highest BCUT2D eigenvalue weighted by atomic mass is 16.5. The van der Waals surface area contributed by atoms with Crippen LogP contribution in [0.2, 0.25) is 0 Å². The second-order valence-electron chi connectivity index (χ2n) is 5.09. The van der Waals surface area contributed by atoms with Crippen LogP contribution in [0.1, 0.15) is 16.7 Å². The van der Waals surface area contributed by atoms with Crippen LogP contribution in [-0.2, 0) is 14.3 Å². The van der Waals surface area contributed by atoms with Gasteiger partial charge < -0.3 is 10.1 Å². The predicted molar refractivity (Wildman–Crippen MR) is 91.0 cm³/mol. The van der Waals surface area contributed by atoms with Crippen LogP contribution in [0.3, 0.4) is 0 Å². The fourth-order valence-corrected chi connectivity index (χ4v) is 1.89. The lowest BCUT2D eigenvalue weighted by Crippen LogP contribution is -2.20. The van der Waals surface area contributed by atoms with Gasteiger partial charge in [-0.05, 0) is 36.8 Å². The van der Waals surface area contributed by atoms with E-state index in [4.69, 9.17) is 10.00 Å². The van der Waals surface area contributed by atoms with Crippen LogP contribution in [0.4, 0.5) is 5.69 Å². The molecule has 24 heavy (non-hydrogen) atoms. The lowest BCUT2D eigenvalue weighted by molar-refractivity contribution is -0.142. The first kappa shape index (κ1) is 17.0. The molecule has 0 radical (unpaired) electrons. The summed E-state index contributed by atoms with van der Waals surface area (Å²) in [4.78, 5) is 23.3. The molecule has 0 aliphatic carbocycles. The van der Waals surface area contributed by atoms with Gasteiger partial charge >= 0.3 is 5.97 Å². The lowest BCUT2D eigenvalue weighted by atomic mass is 10.1. The lowest BCUT2D eigenvalue weighted by Gasteiger charge is -2.05. The molecular formula is C19H16N2O3. The van der Waals surface area contributed by atoms with E-state index in [0.717, 1.165) is 11.1 Å². The Labute approximate surface area is 140 Å². The number of ether oxygens (including phenoxy) is 1. The first-order valence-corrected chi connectivity index (χ1v) is 7.28. The summed E-state index contributed by atoms with van der Waals surface area (Å²) >= 11 is 0. The average Bonchev–Trinajstić information content (AvgIpc) is 2.59. The molecule has 2 aromatic rings. The first-order valence-electron chi connectivity index (χ1n) is 7.28. The summed E-state index contributed by atoms with van der Waals surface area (Å²) in [6.07, 6.45) is 2.89. The largest absolute Gasteiger partial charge is 0.452 e. The van der Waals surface area contributed by atoms with Gasteiger partial charge in [-0.2, -0.15) is 5.26 Å². The van der Waals surface area contributed by atoms with Crippen LogP contribution >= 0.6 is 0 Å². The monoisotopic (exact) mass is 320 g/mol. The molecule has 0 atom stereocenters. The smallest absolute Gasteiger partial charge is 0.331 e. The van der Waals surface area contributed by atoms with E-state index >= 15 is 0 Å². The highest BCUT2D eigenvalue weighted by Crippen LogP contribution is 2.09. The Balaban J connectivity index is 1.81. The molecule has 0 aliphatic rings. The van der Waals surface area contributed by atoms with Crippen LogP contribution in [0.25, 0.3) is 6.08 Å². The fourth-order valence-electron chi connectivity index (χ4n) is 1.89. The number of aryl methyl sites for hydroxylation is 1. The average molecular weight is 320 g/mol. The second-order valence-corrected chi connectivity index (χ2v) is 5.09. The van der Waals surface area contributed by atoms with Crippen molar-refractivity contribution in [2.45, 2.75) is 6.92 Å². The van der Waals surface area contributed by atoms with E-state index in [0.29, 0.717) is 11.3 Å². The normalized spacial score (nSPS) is 10.2. The second kappa shape index (κ2) is 8.30. The number of nitrogens with zero attached hydrogens (tertiary/aromatic N) is 1. The quantitative estimate of drug-likeness (QED) is 0.678. The van der Waals surface area contributed by atoms with E-state index in [9.17, 15) is 9.59 Å². The maximum absolute atomic E-state index is 11.7. The van der Waals surface area contributed by atoms with E-state index in [-0.39, 0.29) is 0 Å². The number of benzene rings is 2. The van der Waals surface area contributed by atoms with Crippen molar-refractivity contribution in [1.82, 2.24) is 0 Å². The van der Waals surface area contributed by atoms with Crippen LogP contribution in [-0.4, -0.2) is 18.5 Å². The summed E-state index contributed by atoms with van der Waals surface area (Å²) in [6, 6.07) is 16.1. The van der Waals surface area contributed by atoms with Gasteiger partial charge in [0.2, 0.25) is 0 Å². The number of carbonyl (C=O) groups excluding carboxylic acids is 2. The van der Waals surface area contributed by atoms with Crippen molar-refractivity contribution in [2.75, 3.05) is 11.9 Å². The van der Waals surface area contributed by atoms with Gasteiger partial charge in [0, 0.05) is 11.8 Å². The number of nitrogens with one attached hydrogen (secondary N) is 1. The molecule has 0 aromatic heterocycles. The summed E-state index contributed by atoms with van der Waals surface area (Å²) in [5.74, 6) is -1.07. The third kappa shape index (κ3) is 5.43. The number of amides is 1. The molecular weight excluding hydrogens is 304 g/mol. The Morgan fingerprint density at radius 1 is 1.21 bits per heavy atom. The highest BCUT2D eigenvalue weighted by molar-refractivity contribution is 5.94. The zero-order valence-corrected chi connectivity index (χ0v) is 13.2. The SMILES string of the molecule is Cc1ccc(/C=C/C(=O)OCC(=O)Nc2cccc(C#N)c2)cc1. The highest BCUT2D eigenvalue weighted by Gasteiger charge is 2.06. The van der Waals surface area contributed by atoms with Gasteiger partial charge in [-0.15, -0.1) is 0 Å². The molecule has 120 valence electrons. The molecule has 0 saturated heterocycles. The number of esters is 1. The third-order valence-electron chi connectivity index (χ3n) is 3.11. The van der Waals surface area contributed by atoms with Gasteiger partial charge in [0.05, 0.1) is 11.6 Å². The Bertz CT molecular complexity index is 802. The number of anilines is 1. The summed E-state index contributed by atoms with van der Waals surface area (Å²) in [6.45, 7) is 1.58. The number of rotatable bonds is 5. The van der Waals surface area contributed by atoms with Crippen molar-refractivity contribution < 1.29 is 14.3 Å². The topological polar surface area (TPSA) is 79.2 Å². The van der Waals surface area contributed by atoms with Crippen LogP contribution < -0.4 is 5.32 Å². The number of nitriles is 1. The molecule has 0 fully saturated rings. The summed E-state index contributed by atoms with van der Waals surface area (Å²) in [7, 11) is 0. The summed E-state index contributed by atoms with van der Waals surface area (Å²) < 4.78 is 4.88. The maximum Gasteiger partial charge on any atom is 0.331 e. The van der Waals surface area contributed by atoms with Crippen LogP contribution in [0.5, 0.6) is 0 Å². The van der Waals surface area contributed by atoms with Gasteiger partial charge in [0.1, 0.15) is 0 Å². The minimum absolute atomic E-state index is 0.395. The molecule has 0 spiro atoms. The van der Waals surface area contributed by atoms with Crippen molar-refractivity contribution in [2.24, 2.45) is 0 Å². The zero-order chi connectivity index (χ0) is 17.4. The fraction of sp³-hybridized carbons (Fsp3) is 0.105. The molecule has 0 aliphatic heterocycles. The van der Waals surface area contributed by atoms with Gasteiger partial charge in [-0.1, -0.05) is 35.9 Å². The molecule has 5 heteroatoms. The molecule has 1 N–H and O–H groups in total. The Morgan fingerprint density at radius 2 is 1.96 bits per heavy atom. The van der Waals surface area contributed by atoms with Crippen molar-refractivity contribution in [1.29, 1.82) is 5.26 Å². The predicted octanol–water partition coefficient (Wildman–Crippen LogP) is 3.06. The molecule has 0 saturated carbocycles. The van der Waals surface area contributed by atoms with Crippen molar-refractivity contribution in [3.05, 3.63) is 71.3 Å². The van der Waals surface area contributed by atoms with Crippen molar-refractivity contribution in [3.8, 4) is 6.07 Å². The van der Waals surface area contributed by atoms with E-state index < -0.39 is 18.5 Å². The maximum atomic E-state index is 11.7. The van der Waals surface area contributed by atoms with Crippen molar-refractivity contribution >= 4 is 23.6 Å². The summed E-state index contributed by atoms with van der Waals surface area (Å²) in [5, 5.41) is 11.4. The van der Waals surface area contributed by atoms with Crippen LogP contribution in [0.15, 0.2) is 54.6 Å². The molecule has 2 aromatic carbocycles. The Hall–Kier alpha value is -3.39. The van der Waals surface area contributed by atoms with Gasteiger partial charge in [-0.25, -0.2) is 4.79 Å². The molecule has 2 rings (SSSR count). The Kier molecular flexibility index (Phi) is 5.87. The molecule has 1 amide bonds. The first-order chi connectivity index (χ1) is 11.6. The van der Waals surface area contributed by atoms with Crippen LogP contribution in [0, 0.1) is 18.3 Å². The van der Waals surface area contributed by atoms with E-state index in [1.807, 2.05) is 37.3 Å². The van der Waals surface area contributed by atoms with Gasteiger partial charge in [-0.3, -0.25) is 4.79 Å². The Morgan fingerprint density at radius 3 is 2.67 bits per heavy atom. The van der Waals surface area contributed by atoms with Crippen molar-refractivity contribution in [3.63, 3.8) is 0 Å². The molecule has 0 bridgehead atoms. The number of hydrogen-bond donors (Lipinski definition) is 1. The minimum atomic E-state index is -0.600.